The Kier molecular flexibility index (Phi) is 3.33. The van der Waals surface area contributed by atoms with Crippen LogP contribution >= 0.6 is 0 Å². The Morgan fingerprint density at radius 1 is 1.47 bits per heavy atom. The first-order valence-electron chi connectivity index (χ1n) is 6.01. The van der Waals surface area contributed by atoms with Gasteiger partial charge in [-0.05, 0) is 45.0 Å². The van der Waals surface area contributed by atoms with Crippen LogP contribution in [0.25, 0.3) is 11.0 Å². The summed E-state index contributed by atoms with van der Waals surface area (Å²) < 4.78 is 0. The molecule has 0 saturated carbocycles. The summed E-state index contributed by atoms with van der Waals surface area (Å²) in [6, 6.07) is 6.75. The molecule has 1 unspecified atom stereocenters. The number of nitrogens with one attached hydrogen (secondary N) is 1. The average Bonchev–Trinajstić information content (AvgIpc) is 2.67. The lowest BCUT2D eigenvalue weighted by molar-refractivity contribution is 0.635. The lowest BCUT2D eigenvalue weighted by atomic mass is 10.2. The summed E-state index contributed by atoms with van der Waals surface area (Å²) >= 11 is 0. The Labute approximate surface area is 102 Å². The van der Waals surface area contributed by atoms with Crippen LogP contribution in [0.5, 0.6) is 0 Å². The summed E-state index contributed by atoms with van der Waals surface area (Å²) in [6.45, 7) is 4.88. The molecule has 3 N–H and O–H groups in total. The molecule has 0 aliphatic heterocycles. The number of benzene rings is 1. The maximum absolute atomic E-state index is 5.60. The minimum Gasteiger partial charge on any atom is -0.372 e. The summed E-state index contributed by atoms with van der Waals surface area (Å²) in [4.78, 5) is 9.92. The molecule has 0 aliphatic rings. The third kappa shape index (κ3) is 2.42. The van der Waals surface area contributed by atoms with Crippen molar-refractivity contribution in [2.24, 2.45) is 5.73 Å². The molecule has 2 aromatic rings. The number of imidazole rings is 1. The number of hydrogen-bond acceptors (Lipinski definition) is 3. The third-order valence-electron chi connectivity index (χ3n) is 3.24. The average molecular weight is 232 g/mol. The summed E-state index contributed by atoms with van der Waals surface area (Å²) in [5.41, 5.74) is 8.90. The van der Waals surface area contributed by atoms with Crippen LogP contribution < -0.4 is 10.6 Å². The quantitative estimate of drug-likeness (QED) is 0.848. The fourth-order valence-electron chi connectivity index (χ4n) is 2.03. The van der Waals surface area contributed by atoms with Gasteiger partial charge in [0.05, 0.1) is 11.0 Å². The molecular formula is C13H20N4. The zero-order chi connectivity index (χ0) is 12.4. The van der Waals surface area contributed by atoms with Crippen molar-refractivity contribution in [3.63, 3.8) is 0 Å². The second kappa shape index (κ2) is 4.75. The van der Waals surface area contributed by atoms with Crippen molar-refractivity contribution in [3.8, 4) is 0 Å². The smallest absolute Gasteiger partial charge is 0.104 e. The molecule has 0 amide bonds. The lowest BCUT2D eigenvalue weighted by Gasteiger charge is -2.26. The van der Waals surface area contributed by atoms with Gasteiger partial charge in [-0.15, -0.1) is 0 Å². The van der Waals surface area contributed by atoms with E-state index in [-0.39, 0.29) is 0 Å². The Bertz CT molecular complexity index is 503. The first-order chi connectivity index (χ1) is 8.11. The second-order valence-corrected chi connectivity index (χ2v) is 4.56. The van der Waals surface area contributed by atoms with E-state index in [1.807, 2.05) is 6.92 Å². The fraction of sp³-hybridized carbons (Fsp3) is 0.462. The lowest BCUT2D eigenvalue weighted by Crippen LogP contribution is -2.30. The van der Waals surface area contributed by atoms with Gasteiger partial charge in [-0.1, -0.05) is 0 Å². The van der Waals surface area contributed by atoms with Gasteiger partial charge >= 0.3 is 0 Å². The molecule has 4 heteroatoms. The van der Waals surface area contributed by atoms with E-state index < -0.39 is 0 Å². The maximum Gasteiger partial charge on any atom is 0.104 e. The van der Waals surface area contributed by atoms with Crippen molar-refractivity contribution in [1.29, 1.82) is 0 Å². The standard InChI is InChI=1S/C13H20N4/c1-9(6-7-14)17(3)11-4-5-12-13(8-11)16-10(2)15-12/h4-5,8-9H,6-7,14H2,1-3H3,(H,15,16). The van der Waals surface area contributed by atoms with Gasteiger partial charge in [0.2, 0.25) is 0 Å². The van der Waals surface area contributed by atoms with E-state index >= 15 is 0 Å². The van der Waals surface area contributed by atoms with Crippen LogP contribution in [-0.2, 0) is 0 Å². The van der Waals surface area contributed by atoms with E-state index in [0.717, 1.165) is 29.8 Å². The number of H-pyrrole nitrogens is 1. The molecule has 0 spiro atoms. The zero-order valence-corrected chi connectivity index (χ0v) is 10.7. The molecule has 17 heavy (non-hydrogen) atoms. The van der Waals surface area contributed by atoms with Crippen molar-refractivity contribution in [3.05, 3.63) is 24.0 Å². The largest absolute Gasteiger partial charge is 0.372 e. The van der Waals surface area contributed by atoms with Crippen LogP contribution in [0.2, 0.25) is 0 Å². The monoisotopic (exact) mass is 232 g/mol. The second-order valence-electron chi connectivity index (χ2n) is 4.56. The summed E-state index contributed by atoms with van der Waals surface area (Å²) in [5, 5.41) is 0. The molecule has 0 saturated heterocycles. The van der Waals surface area contributed by atoms with Gasteiger partial charge in [0.25, 0.3) is 0 Å². The van der Waals surface area contributed by atoms with Gasteiger partial charge in [0.1, 0.15) is 5.82 Å². The molecule has 0 fully saturated rings. The molecule has 0 bridgehead atoms. The van der Waals surface area contributed by atoms with Gasteiger partial charge in [-0.25, -0.2) is 4.98 Å². The number of rotatable bonds is 4. The van der Waals surface area contributed by atoms with Gasteiger partial charge in [-0.2, -0.15) is 0 Å². The number of nitrogens with two attached hydrogens (primary N) is 1. The minimum absolute atomic E-state index is 0.446. The van der Waals surface area contributed by atoms with E-state index in [4.69, 9.17) is 5.73 Å². The van der Waals surface area contributed by atoms with Gasteiger partial charge in [0.15, 0.2) is 0 Å². The van der Waals surface area contributed by atoms with Crippen molar-refractivity contribution in [2.45, 2.75) is 26.3 Å². The molecule has 2 rings (SSSR count). The van der Waals surface area contributed by atoms with Crippen molar-refractivity contribution < 1.29 is 0 Å². The van der Waals surface area contributed by atoms with Crippen molar-refractivity contribution in [2.75, 3.05) is 18.5 Å². The number of aromatic amines is 1. The van der Waals surface area contributed by atoms with Gasteiger partial charge in [-0.3, -0.25) is 0 Å². The fourth-order valence-corrected chi connectivity index (χ4v) is 2.03. The molecule has 1 aromatic carbocycles. The number of aryl methyl sites for hydroxylation is 1. The maximum atomic E-state index is 5.60. The zero-order valence-electron chi connectivity index (χ0n) is 10.7. The minimum atomic E-state index is 0.446. The van der Waals surface area contributed by atoms with E-state index in [1.54, 1.807) is 0 Å². The van der Waals surface area contributed by atoms with Crippen LogP contribution in [0.4, 0.5) is 5.69 Å². The van der Waals surface area contributed by atoms with Gasteiger partial charge < -0.3 is 15.6 Å². The highest BCUT2D eigenvalue weighted by molar-refractivity contribution is 5.79. The highest BCUT2D eigenvalue weighted by atomic mass is 15.1. The molecule has 92 valence electrons. The topological polar surface area (TPSA) is 57.9 Å². The van der Waals surface area contributed by atoms with E-state index in [2.05, 4.69) is 47.0 Å². The molecule has 0 aliphatic carbocycles. The summed E-state index contributed by atoms with van der Waals surface area (Å²) in [5.74, 6) is 0.954. The van der Waals surface area contributed by atoms with E-state index in [1.165, 1.54) is 5.69 Å². The Balaban J connectivity index is 2.28. The van der Waals surface area contributed by atoms with Crippen LogP contribution in [0.1, 0.15) is 19.2 Å². The van der Waals surface area contributed by atoms with E-state index in [0.29, 0.717) is 6.04 Å². The predicted octanol–water partition coefficient (Wildman–Crippen LogP) is 2.04. The highest BCUT2D eigenvalue weighted by Gasteiger charge is 2.10. The Morgan fingerprint density at radius 2 is 2.24 bits per heavy atom. The number of fused-ring (bicyclic) bond motifs is 1. The molecule has 1 heterocycles. The SMILES string of the molecule is Cc1nc2ccc(N(C)C(C)CCN)cc2[nH]1. The van der Waals surface area contributed by atoms with Crippen LogP contribution in [0, 0.1) is 6.92 Å². The first-order valence-corrected chi connectivity index (χ1v) is 6.01. The van der Waals surface area contributed by atoms with Crippen LogP contribution in [0.3, 0.4) is 0 Å². The third-order valence-corrected chi connectivity index (χ3v) is 3.24. The normalized spacial score (nSPS) is 12.9. The Hall–Kier alpha value is -1.55. The van der Waals surface area contributed by atoms with Crippen molar-refractivity contribution >= 4 is 16.7 Å². The molecule has 1 atom stereocenters. The van der Waals surface area contributed by atoms with Gasteiger partial charge in [0, 0.05) is 18.8 Å². The first kappa shape index (κ1) is 11.9. The number of aromatic nitrogens is 2. The number of anilines is 1. The van der Waals surface area contributed by atoms with Crippen molar-refractivity contribution in [1.82, 2.24) is 9.97 Å². The number of hydrogen-bond donors (Lipinski definition) is 2. The summed E-state index contributed by atoms with van der Waals surface area (Å²) in [7, 11) is 2.10. The predicted molar refractivity (Wildman–Crippen MR) is 72.4 cm³/mol. The van der Waals surface area contributed by atoms with Crippen LogP contribution in [0.15, 0.2) is 18.2 Å². The summed E-state index contributed by atoms with van der Waals surface area (Å²) in [6.07, 6.45) is 0.997. The molecule has 4 nitrogen and oxygen atoms in total. The highest BCUT2D eigenvalue weighted by Crippen LogP contribution is 2.21. The molecule has 0 radical (unpaired) electrons. The van der Waals surface area contributed by atoms with E-state index in [9.17, 15) is 0 Å². The Morgan fingerprint density at radius 3 is 2.94 bits per heavy atom. The molecular weight excluding hydrogens is 212 g/mol. The number of nitrogens with zero attached hydrogens (tertiary/aromatic N) is 2. The van der Waals surface area contributed by atoms with Crippen LogP contribution in [-0.4, -0.2) is 29.6 Å². The molecule has 1 aromatic heterocycles.